The molecule has 0 atom stereocenters. The van der Waals surface area contributed by atoms with Crippen molar-refractivity contribution in [2.75, 3.05) is 26.1 Å². The average Bonchev–Trinajstić information content (AvgIpc) is 2.67. The lowest BCUT2D eigenvalue weighted by molar-refractivity contribution is -0.385. The Bertz CT molecular complexity index is 1050. The van der Waals surface area contributed by atoms with Gasteiger partial charge >= 0.3 is 11.2 Å². The number of nitrogens with one attached hydrogen (secondary N) is 1. The number of methoxy groups -OCH3 is 2. The maximum Gasteiger partial charge on any atom is 0.376 e. The summed E-state index contributed by atoms with van der Waals surface area (Å²) in [5.74, 6) is 1.17. The number of ether oxygens (including phenoxy) is 2. The Labute approximate surface area is 154 Å². The van der Waals surface area contributed by atoms with Crippen molar-refractivity contribution < 1.29 is 14.4 Å². The predicted molar refractivity (Wildman–Crippen MR) is 99.9 cm³/mol. The Morgan fingerprint density at radius 2 is 1.96 bits per heavy atom. The van der Waals surface area contributed by atoms with E-state index in [4.69, 9.17) is 9.47 Å². The zero-order valence-electron chi connectivity index (χ0n) is 14.8. The van der Waals surface area contributed by atoms with Crippen LogP contribution < -0.4 is 20.3 Å². The Balaban J connectivity index is 1.84. The summed E-state index contributed by atoms with van der Waals surface area (Å²) in [4.78, 5) is 27.2. The predicted octanol–water partition coefficient (Wildman–Crippen LogP) is 2.27. The first kappa shape index (κ1) is 18.2. The monoisotopic (exact) mass is 370 g/mol. The molecule has 9 heteroatoms. The summed E-state index contributed by atoms with van der Waals surface area (Å²) in [5.41, 5.74) is -0.0211. The molecule has 9 nitrogen and oxygen atoms in total. The third-order valence-corrected chi connectivity index (χ3v) is 4.05. The number of benzene rings is 1. The molecule has 2 aromatic heterocycles. The molecule has 0 unspecified atom stereocenters. The van der Waals surface area contributed by atoms with Crippen molar-refractivity contribution >= 4 is 17.2 Å². The molecule has 0 bridgehead atoms. The van der Waals surface area contributed by atoms with Gasteiger partial charge in [-0.2, -0.15) is 0 Å². The second kappa shape index (κ2) is 7.73. The van der Waals surface area contributed by atoms with Crippen molar-refractivity contribution in [1.82, 2.24) is 9.38 Å². The van der Waals surface area contributed by atoms with Crippen LogP contribution in [-0.4, -0.2) is 35.1 Å². The number of nitrogens with zero attached hydrogens (tertiary/aromatic N) is 3. The molecule has 1 N–H and O–H groups in total. The molecular formula is C18H18N4O5. The van der Waals surface area contributed by atoms with Crippen molar-refractivity contribution in [3.05, 3.63) is 68.6 Å². The Kier molecular flexibility index (Phi) is 5.20. The van der Waals surface area contributed by atoms with Gasteiger partial charge in [-0.05, 0) is 36.2 Å². The highest BCUT2D eigenvalue weighted by Gasteiger charge is 2.23. The Morgan fingerprint density at radius 1 is 1.19 bits per heavy atom. The fourth-order valence-corrected chi connectivity index (χ4v) is 2.73. The second-order valence-corrected chi connectivity index (χ2v) is 5.67. The van der Waals surface area contributed by atoms with E-state index in [0.717, 1.165) is 9.96 Å². The molecule has 0 aliphatic carbocycles. The molecule has 0 radical (unpaired) electrons. The van der Waals surface area contributed by atoms with E-state index in [1.807, 2.05) is 12.1 Å². The van der Waals surface area contributed by atoms with Crippen molar-refractivity contribution in [2.24, 2.45) is 0 Å². The SMILES string of the molecule is COc1ccc(CCNc2nc3ccccn3c(=O)c2[N+](=O)[O-])cc1OC. The van der Waals surface area contributed by atoms with E-state index in [1.54, 1.807) is 38.5 Å². The van der Waals surface area contributed by atoms with Gasteiger partial charge in [0.1, 0.15) is 5.65 Å². The van der Waals surface area contributed by atoms with Crippen LogP contribution in [0.25, 0.3) is 5.65 Å². The highest BCUT2D eigenvalue weighted by Crippen LogP contribution is 2.27. The molecule has 3 rings (SSSR count). The number of hydrogen-bond donors (Lipinski definition) is 1. The maximum atomic E-state index is 12.4. The number of anilines is 1. The van der Waals surface area contributed by atoms with E-state index >= 15 is 0 Å². The molecule has 2 heterocycles. The van der Waals surface area contributed by atoms with Crippen LogP contribution in [0.5, 0.6) is 11.5 Å². The van der Waals surface area contributed by atoms with Gasteiger partial charge in [-0.3, -0.25) is 19.3 Å². The van der Waals surface area contributed by atoms with Crippen LogP contribution in [0.3, 0.4) is 0 Å². The first-order valence-corrected chi connectivity index (χ1v) is 8.15. The molecule has 140 valence electrons. The summed E-state index contributed by atoms with van der Waals surface area (Å²) in [6.45, 7) is 0.353. The molecule has 1 aromatic carbocycles. The van der Waals surface area contributed by atoms with Gasteiger partial charge in [-0.1, -0.05) is 12.1 Å². The molecule has 27 heavy (non-hydrogen) atoms. The smallest absolute Gasteiger partial charge is 0.376 e. The van der Waals surface area contributed by atoms with Crippen LogP contribution in [0.4, 0.5) is 11.5 Å². The van der Waals surface area contributed by atoms with Crippen LogP contribution in [0, 0.1) is 10.1 Å². The Morgan fingerprint density at radius 3 is 2.67 bits per heavy atom. The minimum atomic E-state index is -0.723. The van der Waals surface area contributed by atoms with Crippen molar-refractivity contribution in [3.8, 4) is 11.5 Å². The van der Waals surface area contributed by atoms with Gasteiger partial charge in [0, 0.05) is 12.7 Å². The van der Waals surface area contributed by atoms with Crippen LogP contribution in [0.1, 0.15) is 5.56 Å². The van der Waals surface area contributed by atoms with Gasteiger partial charge in [0.25, 0.3) is 0 Å². The summed E-state index contributed by atoms with van der Waals surface area (Å²) in [6, 6.07) is 10.4. The summed E-state index contributed by atoms with van der Waals surface area (Å²) >= 11 is 0. The van der Waals surface area contributed by atoms with E-state index in [9.17, 15) is 14.9 Å². The fraction of sp³-hybridized carbons (Fsp3) is 0.222. The standard InChI is InChI=1S/C18H18N4O5/c1-26-13-7-6-12(11-14(13)27-2)8-9-19-17-16(22(24)25)18(23)21-10-4-3-5-15(21)20-17/h3-7,10-11,19H,8-9H2,1-2H3. The van der Waals surface area contributed by atoms with Crippen molar-refractivity contribution in [1.29, 1.82) is 0 Å². The van der Waals surface area contributed by atoms with Crippen LogP contribution in [0.2, 0.25) is 0 Å². The van der Waals surface area contributed by atoms with Crippen LogP contribution in [0.15, 0.2) is 47.4 Å². The second-order valence-electron chi connectivity index (χ2n) is 5.67. The number of nitro groups is 1. The highest BCUT2D eigenvalue weighted by molar-refractivity contribution is 5.59. The molecule has 3 aromatic rings. The van der Waals surface area contributed by atoms with Gasteiger partial charge in [-0.15, -0.1) is 0 Å². The normalized spacial score (nSPS) is 10.6. The molecule has 0 saturated heterocycles. The fourth-order valence-electron chi connectivity index (χ4n) is 2.73. The lowest BCUT2D eigenvalue weighted by atomic mass is 10.1. The van der Waals surface area contributed by atoms with E-state index in [-0.39, 0.29) is 5.82 Å². The van der Waals surface area contributed by atoms with Gasteiger partial charge < -0.3 is 14.8 Å². The maximum absolute atomic E-state index is 12.4. The summed E-state index contributed by atoms with van der Waals surface area (Å²) < 4.78 is 11.6. The number of hydrogen-bond acceptors (Lipinski definition) is 7. The zero-order chi connectivity index (χ0) is 19.4. The molecule has 0 spiro atoms. The summed E-state index contributed by atoms with van der Waals surface area (Å²) in [7, 11) is 3.11. The summed E-state index contributed by atoms with van der Waals surface area (Å²) in [6.07, 6.45) is 2.00. The lowest BCUT2D eigenvalue weighted by Crippen LogP contribution is -2.21. The van der Waals surface area contributed by atoms with Crippen molar-refractivity contribution in [3.63, 3.8) is 0 Å². The minimum Gasteiger partial charge on any atom is -0.493 e. The average molecular weight is 370 g/mol. The molecule has 0 amide bonds. The molecule has 0 fully saturated rings. The highest BCUT2D eigenvalue weighted by atomic mass is 16.6. The molecule has 0 aliphatic heterocycles. The molecule has 0 aliphatic rings. The van der Waals surface area contributed by atoms with Gasteiger partial charge in [0.05, 0.1) is 19.1 Å². The first-order valence-electron chi connectivity index (χ1n) is 8.15. The zero-order valence-corrected chi connectivity index (χ0v) is 14.8. The number of rotatable bonds is 7. The van der Waals surface area contributed by atoms with E-state index in [0.29, 0.717) is 30.1 Å². The number of fused-ring (bicyclic) bond motifs is 1. The topological polar surface area (TPSA) is 108 Å². The van der Waals surface area contributed by atoms with Gasteiger partial charge in [0.2, 0.25) is 5.82 Å². The largest absolute Gasteiger partial charge is 0.493 e. The van der Waals surface area contributed by atoms with E-state index in [1.165, 1.54) is 6.20 Å². The van der Waals surface area contributed by atoms with E-state index in [2.05, 4.69) is 10.3 Å². The molecular weight excluding hydrogens is 352 g/mol. The number of pyridine rings is 1. The van der Waals surface area contributed by atoms with Crippen molar-refractivity contribution in [2.45, 2.75) is 6.42 Å². The third-order valence-electron chi connectivity index (χ3n) is 4.05. The Hall–Kier alpha value is -3.62. The summed E-state index contributed by atoms with van der Waals surface area (Å²) in [5, 5.41) is 14.3. The lowest BCUT2D eigenvalue weighted by Gasteiger charge is -2.11. The minimum absolute atomic E-state index is 0.0447. The van der Waals surface area contributed by atoms with Gasteiger partial charge in [-0.25, -0.2) is 4.98 Å². The first-order chi connectivity index (χ1) is 13.0. The number of aromatic nitrogens is 2. The quantitative estimate of drug-likeness (QED) is 0.502. The third kappa shape index (κ3) is 3.66. The van der Waals surface area contributed by atoms with E-state index < -0.39 is 16.2 Å². The van der Waals surface area contributed by atoms with Crippen LogP contribution >= 0.6 is 0 Å². The van der Waals surface area contributed by atoms with Crippen LogP contribution in [-0.2, 0) is 6.42 Å². The van der Waals surface area contributed by atoms with Gasteiger partial charge in [0.15, 0.2) is 11.5 Å². The molecule has 0 saturated carbocycles.